The third kappa shape index (κ3) is 3.76. The van der Waals surface area contributed by atoms with E-state index >= 15 is 0 Å². The number of nitrogens with zero attached hydrogens (tertiary/aromatic N) is 8. The smallest absolute Gasteiger partial charge is 0.286 e. The van der Waals surface area contributed by atoms with Gasteiger partial charge in [-0.1, -0.05) is 6.07 Å². The van der Waals surface area contributed by atoms with Crippen LogP contribution in [0.2, 0.25) is 0 Å². The molecular formula is C22H19F2N9OS2. The second-order valence-corrected chi connectivity index (χ2v) is 7.88. The number of aromatic nitrogens is 7. The number of aromatic amines is 1. The highest BCUT2D eigenvalue weighted by atomic mass is 32.1. The lowest BCUT2D eigenvalue weighted by Crippen LogP contribution is -2.34. The average Bonchev–Trinajstić information content (AvgIpc) is 3.55. The van der Waals surface area contributed by atoms with E-state index in [2.05, 4.69) is 31.1 Å². The number of pyridine rings is 1. The number of fused-ring (bicyclic) bond motifs is 2. The van der Waals surface area contributed by atoms with Gasteiger partial charge in [-0.25, -0.2) is 32.8 Å². The molecule has 0 unspecified atom stereocenters. The number of alkyl halides is 1. The van der Waals surface area contributed by atoms with Gasteiger partial charge in [-0.15, -0.1) is 0 Å². The summed E-state index contributed by atoms with van der Waals surface area (Å²) in [5.41, 5.74) is -0.163. The lowest BCUT2D eigenvalue weighted by atomic mass is 10.1. The zero-order chi connectivity index (χ0) is 23.4. The second kappa shape index (κ2) is 9.59. The number of rotatable bonds is 3. The maximum absolute atomic E-state index is 14.9. The normalized spacial score (nSPS) is 17.1. The predicted molar refractivity (Wildman–Crippen MR) is 138 cm³/mol. The van der Waals surface area contributed by atoms with E-state index in [9.17, 15) is 18.8 Å². The molecule has 14 heteroatoms. The van der Waals surface area contributed by atoms with Gasteiger partial charge < -0.3 is 9.88 Å². The van der Waals surface area contributed by atoms with E-state index in [1.54, 1.807) is 23.1 Å². The van der Waals surface area contributed by atoms with Crippen molar-refractivity contribution in [2.24, 2.45) is 0 Å². The standard InChI is InChI=1S/C22H15F2N9O.2H2S/c23-13-7-15(31(10-13)21-17-12(8-25)9-27-19(17)28-11-29-21)20-30-32-6-4-14(24)18(32)22(34)33(20)16-3-1-2-5-26-16;;/h1-6,9,11,13,15H,7,10H2,(H,27,28,29);2*1H2/t13-,15-;;/m0../s1. The van der Waals surface area contributed by atoms with Crippen molar-refractivity contribution in [3.05, 3.63) is 76.7 Å². The van der Waals surface area contributed by atoms with Crippen LogP contribution in [0.1, 0.15) is 23.9 Å². The highest BCUT2D eigenvalue weighted by Crippen LogP contribution is 2.39. The Kier molecular flexibility index (Phi) is 6.70. The highest BCUT2D eigenvalue weighted by molar-refractivity contribution is 7.59. The van der Waals surface area contributed by atoms with Gasteiger partial charge in [0.2, 0.25) is 0 Å². The summed E-state index contributed by atoms with van der Waals surface area (Å²) in [6.45, 7) is -0.0387. The lowest BCUT2D eigenvalue weighted by Gasteiger charge is -2.27. The molecule has 1 aliphatic rings. The number of nitrogens with one attached hydrogen (secondary N) is 1. The molecule has 5 aromatic heterocycles. The molecule has 1 fully saturated rings. The van der Waals surface area contributed by atoms with E-state index in [0.29, 0.717) is 22.4 Å². The van der Waals surface area contributed by atoms with Crippen molar-refractivity contribution < 1.29 is 8.78 Å². The van der Waals surface area contributed by atoms with E-state index in [1.807, 2.05) is 0 Å². The third-order valence-electron chi connectivity index (χ3n) is 5.93. The number of nitriles is 1. The van der Waals surface area contributed by atoms with Crippen molar-refractivity contribution in [1.29, 1.82) is 5.26 Å². The van der Waals surface area contributed by atoms with Gasteiger partial charge in [0, 0.05) is 25.0 Å². The first-order valence-electron chi connectivity index (χ1n) is 10.4. The Morgan fingerprint density at radius 3 is 2.75 bits per heavy atom. The monoisotopic (exact) mass is 527 g/mol. The van der Waals surface area contributed by atoms with Gasteiger partial charge in [-0.3, -0.25) is 4.79 Å². The van der Waals surface area contributed by atoms with Crippen molar-refractivity contribution in [1.82, 2.24) is 34.1 Å². The topological polar surface area (TPSA) is 121 Å². The van der Waals surface area contributed by atoms with Crippen molar-refractivity contribution >= 4 is 49.4 Å². The van der Waals surface area contributed by atoms with Crippen molar-refractivity contribution in [3.63, 3.8) is 0 Å². The first-order valence-corrected chi connectivity index (χ1v) is 10.4. The number of H-pyrrole nitrogens is 1. The zero-order valence-electron chi connectivity index (χ0n) is 18.4. The summed E-state index contributed by atoms with van der Waals surface area (Å²) in [6, 6.07) is 7.46. The molecule has 5 aromatic rings. The third-order valence-corrected chi connectivity index (χ3v) is 5.93. The first-order chi connectivity index (χ1) is 16.6. The Balaban J connectivity index is 0.00000152. The fourth-order valence-corrected chi connectivity index (χ4v) is 4.49. The first kappa shape index (κ1) is 25.1. The molecule has 1 aliphatic heterocycles. The van der Waals surface area contributed by atoms with Crippen LogP contribution in [0.5, 0.6) is 0 Å². The van der Waals surface area contributed by atoms with E-state index < -0.39 is 23.6 Å². The van der Waals surface area contributed by atoms with Crippen molar-refractivity contribution in [2.75, 3.05) is 11.4 Å². The van der Waals surface area contributed by atoms with Gasteiger partial charge in [0.05, 0.1) is 23.5 Å². The van der Waals surface area contributed by atoms with Gasteiger partial charge in [0.15, 0.2) is 17.2 Å². The maximum atomic E-state index is 14.9. The molecule has 36 heavy (non-hydrogen) atoms. The Morgan fingerprint density at radius 2 is 2.00 bits per heavy atom. The average molecular weight is 528 g/mol. The Morgan fingerprint density at radius 1 is 1.17 bits per heavy atom. The summed E-state index contributed by atoms with van der Waals surface area (Å²) in [4.78, 5) is 30.8. The van der Waals surface area contributed by atoms with Crippen LogP contribution in [-0.2, 0) is 0 Å². The molecule has 1 saturated heterocycles. The second-order valence-electron chi connectivity index (χ2n) is 7.88. The van der Waals surface area contributed by atoms with Crippen molar-refractivity contribution in [2.45, 2.75) is 18.6 Å². The molecule has 2 atom stereocenters. The van der Waals surface area contributed by atoms with Crippen LogP contribution in [0.25, 0.3) is 22.4 Å². The molecule has 6 rings (SSSR count). The van der Waals surface area contributed by atoms with Gasteiger partial charge >= 0.3 is 0 Å². The molecule has 0 amide bonds. The van der Waals surface area contributed by atoms with Gasteiger partial charge in [0.25, 0.3) is 5.56 Å². The molecule has 0 spiro atoms. The van der Waals surface area contributed by atoms with Crippen LogP contribution in [0, 0.1) is 17.1 Å². The van der Waals surface area contributed by atoms with E-state index in [-0.39, 0.29) is 57.1 Å². The predicted octanol–water partition coefficient (Wildman–Crippen LogP) is 2.68. The van der Waals surface area contributed by atoms with Gasteiger partial charge in [0.1, 0.15) is 35.9 Å². The zero-order valence-corrected chi connectivity index (χ0v) is 20.4. The number of halogens is 2. The molecule has 0 saturated carbocycles. The molecule has 10 nitrogen and oxygen atoms in total. The van der Waals surface area contributed by atoms with E-state index in [4.69, 9.17) is 0 Å². The summed E-state index contributed by atoms with van der Waals surface area (Å²) >= 11 is 0. The van der Waals surface area contributed by atoms with Crippen LogP contribution in [-0.4, -0.2) is 46.8 Å². The lowest BCUT2D eigenvalue weighted by molar-refractivity contribution is 0.354. The van der Waals surface area contributed by atoms with E-state index in [0.717, 1.165) is 10.6 Å². The SMILES string of the molecule is N#Cc1c[nH]c2ncnc(N3C[C@@H](F)C[C@H]3c3nn4ccc(F)c4c(=O)n3-c3ccccn3)c12.S.S. The highest BCUT2D eigenvalue weighted by Gasteiger charge is 2.39. The molecular weight excluding hydrogens is 508 g/mol. The minimum Gasteiger partial charge on any atom is -0.345 e. The summed E-state index contributed by atoms with van der Waals surface area (Å²) in [5.74, 6) is 0.0257. The van der Waals surface area contributed by atoms with Crippen LogP contribution in [0.15, 0.2) is 54.0 Å². The minimum absolute atomic E-state index is 0. The molecule has 0 radical (unpaired) electrons. The van der Waals surface area contributed by atoms with Crippen molar-refractivity contribution in [3.8, 4) is 11.9 Å². The van der Waals surface area contributed by atoms with Crippen LogP contribution < -0.4 is 10.5 Å². The maximum Gasteiger partial charge on any atom is 0.286 e. The van der Waals surface area contributed by atoms with Crippen LogP contribution >= 0.6 is 27.0 Å². The van der Waals surface area contributed by atoms with Gasteiger partial charge in [-0.2, -0.15) is 37.4 Å². The molecule has 184 valence electrons. The number of hydrogen-bond donors (Lipinski definition) is 1. The van der Waals surface area contributed by atoms with Crippen LogP contribution in [0.3, 0.4) is 0 Å². The fraction of sp³-hybridized carbons (Fsp3) is 0.182. The summed E-state index contributed by atoms with van der Waals surface area (Å²) < 4.78 is 31.7. The quantitative estimate of drug-likeness (QED) is 0.383. The fourth-order valence-electron chi connectivity index (χ4n) is 4.49. The van der Waals surface area contributed by atoms with Crippen LogP contribution in [0.4, 0.5) is 14.6 Å². The number of anilines is 1. The number of hydrogen-bond acceptors (Lipinski definition) is 7. The summed E-state index contributed by atoms with van der Waals surface area (Å²) in [6.07, 6.45) is 4.42. The molecule has 6 heterocycles. The Bertz CT molecular complexity index is 1660. The molecule has 1 N–H and O–H groups in total. The largest absolute Gasteiger partial charge is 0.345 e. The van der Waals surface area contributed by atoms with E-state index in [1.165, 1.54) is 29.5 Å². The Labute approximate surface area is 216 Å². The summed E-state index contributed by atoms with van der Waals surface area (Å²) in [7, 11) is 0. The molecule has 0 aliphatic carbocycles. The molecule has 0 aromatic carbocycles. The minimum atomic E-state index is -1.26. The Hall–Kier alpha value is -3.96. The molecule has 0 bridgehead atoms. The van der Waals surface area contributed by atoms with Gasteiger partial charge in [-0.05, 0) is 18.2 Å². The summed E-state index contributed by atoms with van der Waals surface area (Å²) in [5, 5.41) is 14.5.